The van der Waals surface area contributed by atoms with Crippen LogP contribution >= 0.6 is 0 Å². The molecule has 32 heavy (non-hydrogen) atoms. The van der Waals surface area contributed by atoms with Gasteiger partial charge in [-0.25, -0.2) is 9.48 Å². The maximum absolute atomic E-state index is 12.8. The van der Waals surface area contributed by atoms with Crippen molar-refractivity contribution in [1.29, 1.82) is 0 Å². The molecule has 10 heteroatoms. The van der Waals surface area contributed by atoms with Crippen LogP contribution in [-0.2, 0) is 24.0 Å². The summed E-state index contributed by atoms with van der Waals surface area (Å²) in [7, 11) is 0. The summed E-state index contributed by atoms with van der Waals surface area (Å²) in [5.74, 6) is -0.259. The van der Waals surface area contributed by atoms with E-state index in [0.717, 1.165) is 23.0 Å². The fraction of sp³-hybridized carbons (Fsp3) is 0.545. The average molecular weight is 452 g/mol. The van der Waals surface area contributed by atoms with Crippen LogP contribution in [0.4, 0.5) is 18.0 Å². The number of nitrogens with zero attached hydrogens (tertiary/aromatic N) is 3. The summed E-state index contributed by atoms with van der Waals surface area (Å²) in [5.41, 5.74) is 2.28. The quantitative estimate of drug-likeness (QED) is 0.727. The second-order valence-corrected chi connectivity index (χ2v) is 9.23. The van der Waals surface area contributed by atoms with E-state index in [-0.39, 0.29) is 17.4 Å². The van der Waals surface area contributed by atoms with Gasteiger partial charge < -0.3 is 15.2 Å². The number of aromatic hydroxyl groups is 1. The van der Waals surface area contributed by atoms with Gasteiger partial charge in [-0.2, -0.15) is 18.3 Å². The van der Waals surface area contributed by atoms with Crippen molar-refractivity contribution in [2.75, 3.05) is 19.6 Å². The van der Waals surface area contributed by atoms with Crippen molar-refractivity contribution in [3.05, 3.63) is 40.7 Å². The van der Waals surface area contributed by atoms with Gasteiger partial charge in [-0.3, -0.25) is 4.90 Å². The van der Waals surface area contributed by atoms with Crippen LogP contribution in [0.15, 0.2) is 18.2 Å². The van der Waals surface area contributed by atoms with Crippen LogP contribution in [0, 0.1) is 0 Å². The number of amides is 1. The summed E-state index contributed by atoms with van der Waals surface area (Å²) >= 11 is 0. The Labute approximate surface area is 184 Å². The monoisotopic (exact) mass is 452 g/mol. The molecule has 1 amide bonds. The normalized spacial score (nSPS) is 18.8. The fourth-order valence-corrected chi connectivity index (χ4v) is 4.35. The van der Waals surface area contributed by atoms with E-state index in [4.69, 9.17) is 9.84 Å². The molecule has 0 bridgehead atoms. The lowest BCUT2D eigenvalue weighted by molar-refractivity contribution is -0.127. The predicted octanol–water partition coefficient (Wildman–Crippen LogP) is 3.66. The Balaban J connectivity index is 1.71. The number of carbonyl (C=O) groups is 1. The Morgan fingerprint density at radius 3 is 2.69 bits per heavy atom. The first-order valence-corrected chi connectivity index (χ1v) is 10.6. The molecule has 0 spiro atoms. The van der Waals surface area contributed by atoms with Crippen molar-refractivity contribution < 1.29 is 27.8 Å². The number of benzene rings is 1. The van der Waals surface area contributed by atoms with E-state index in [1.165, 1.54) is 12.1 Å². The molecule has 1 aromatic heterocycles. The van der Waals surface area contributed by atoms with Crippen molar-refractivity contribution in [3.63, 3.8) is 0 Å². The summed E-state index contributed by atoms with van der Waals surface area (Å²) in [4.78, 5) is 14.5. The largest absolute Gasteiger partial charge is 0.506 e. The lowest BCUT2D eigenvalue weighted by Crippen LogP contribution is -2.46. The number of aromatic nitrogens is 2. The van der Waals surface area contributed by atoms with Crippen LogP contribution in [0.5, 0.6) is 5.75 Å². The second-order valence-electron chi connectivity index (χ2n) is 9.23. The first kappa shape index (κ1) is 22.4. The molecule has 0 saturated carbocycles. The number of phenolic OH excluding ortho intramolecular Hbond substituents is 1. The topological polar surface area (TPSA) is 79.6 Å². The number of halogens is 3. The van der Waals surface area contributed by atoms with Crippen LogP contribution in [0.25, 0.3) is 5.69 Å². The van der Waals surface area contributed by atoms with Gasteiger partial charge in [0, 0.05) is 38.0 Å². The molecule has 0 radical (unpaired) electrons. The first-order chi connectivity index (χ1) is 14.9. The Kier molecular flexibility index (Phi) is 5.60. The maximum atomic E-state index is 12.8. The maximum Gasteiger partial charge on any atom is 0.410 e. The zero-order chi connectivity index (χ0) is 23.3. The van der Waals surface area contributed by atoms with Gasteiger partial charge in [-0.05, 0) is 38.5 Å². The van der Waals surface area contributed by atoms with Gasteiger partial charge in [-0.15, -0.1) is 0 Å². The summed E-state index contributed by atoms with van der Waals surface area (Å²) in [6, 6.07) is 3.69. The van der Waals surface area contributed by atoms with E-state index in [1.54, 1.807) is 9.58 Å². The van der Waals surface area contributed by atoms with Crippen LogP contribution in [0.1, 0.15) is 49.3 Å². The molecule has 0 fully saturated rings. The average Bonchev–Trinajstić information content (AvgIpc) is 2.87. The van der Waals surface area contributed by atoms with E-state index in [1.807, 2.05) is 20.8 Å². The lowest BCUT2D eigenvalue weighted by atomic mass is 9.96. The van der Waals surface area contributed by atoms with Gasteiger partial charge in [0.1, 0.15) is 17.0 Å². The van der Waals surface area contributed by atoms with Gasteiger partial charge >= 0.3 is 12.3 Å². The van der Waals surface area contributed by atoms with Crippen molar-refractivity contribution >= 4 is 6.09 Å². The number of hydrogen-bond acceptors (Lipinski definition) is 5. The van der Waals surface area contributed by atoms with Gasteiger partial charge in [-0.1, -0.05) is 6.07 Å². The molecule has 2 aliphatic rings. The summed E-state index contributed by atoms with van der Waals surface area (Å²) < 4.78 is 45.4. The van der Waals surface area contributed by atoms with E-state index in [2.05, 4.69) is 5.32 Å². The molecule has 2 aromatic rings. The smallest absolute Gasteiger partial charge is 0.410 e. The molecular weight excluding hydrogens is 425 g/mol. The van der Waals surface area contributed by atoms with Gasteiger partial charge in [0.2, 0.25) is 0 Å². The Morgan fingerprint density at radius 2 is 2.03 bits per heavy atom. The molecule has 0 aliphatic carbocycles. The molecule has 4 rings (SSSR count). The van der Waals surface area contributed by atoms with Gasteiger partial charge in [0.25, 0.3) is 0 Å². The fourth-order valence-electron chi connectivity index (χ4n) is 4.35. The Bertz CT molecular complexity index is 1030. The third kappa shape index (κ3) is 4.55. The highest BCUT2D eigenvalue weighted by molar-refractivity contribution is 5.70. The molecule has 1 aromatic carbocycles. The molecule has 2 aliphatic heterocycles. The number of hydrogen-bond donors (Lipinski definition) is 2. The minimum atomic E-state index is -4.35. The number of ether oxygens (including phenoxy) is 1. The highest BCUT2D eigenvalue weighted by Gasteiger charge is 2.39. The number of rotatable bonds is 2. The zero-order valence-electron chi connectivity index (χ0n) is 18.3. The van der Waals surface area contributed by atoms with Crippen molar-refractivity contribution in [1.82, 2.24) is 20.0 Å². The second kappa shape index (κ2) is 7.99. The predicted molar refractivity (Wildman–Crippen MR) is 111 cm³/mol. The Morgan fingerprint density at radius 1 is 1.28 bits per heavy atom. The van der Waals surface area contributed by atoms with Gasteiger partial charge in [0.15, 0.2) is 0 Å². The molecule has 0 saturated heterocycles. The van der Waals surface area contributed by atoms with E-state index >= 15 is 0 Å². The molecule has 7 nitrogen and oxygen atoms in total. The minimum absolute atomic E-state index is 0.0145. The SMILES string of the molecule is CC(C)(C)OC(=O)N1CCc2c3c(nn2-c2ccc(CC(F)(F)F)cc2O)CCNCC31. The van der Waals surface area contributed by atoms with E-state index in [0.29, 0.717) is 38.2 Å². The van der Waals surface area contributed by atoms with Crippen LogP contribution in [-0.4, -0.2) is 57.3 Å². The van der Waals surface area contributed by atoms with Crippen LogP contribution in [0.3, 0.4) is 0 Å². The number of carbonyl (C=O) groups excluding carboxylic acids is 1. The number of nitrogens with one attached hydrogen (secondary N) is 1. The Hall–Kier alpha value is -2.75. The molecule has 1 unspecified atom stereocenters. The number of phenols is 1. The molecule has 1 atom stereocenters. The summed E-state index contributed by atoms with van der Waals surface area (Å²) in [5, 5.41) is 18.5. The lowest BCUT2D eigenvalue weighted by Gasteiger charge is -2.36. The standard InChI is InChI=1S/C22H27F3N4O3/c1-21(2,3)32-20(31)28-9-7-16-19-14(6-8-26-12-17(19)28)27-29(16)15-5-4-13(10-18(15)30)11-22(23,24)25/h4-5,10,17,26,30H,6-9,11-12H2,1-3H3. The third-order valence-electron chi connectivity index (χ3n) is 5.57. The van der Waals surface area contributed by atoms with Crippen molar-refractivity contribution in [2.45, 2.75) is 57.9 Å². The van der Waals surface area contributed by atoms with Crippen molar-refractivity contribution in [3.8, 4) is 11.4 Å². The van der Waals surface area contributed by atoms with Crippen LogP contribution in [0.2, 0.25) is 0 Å². The van der Waals surface area contributed by atoms with Gasteiger partial charge in [0.05, 0.1) is 23.9 Å². The summed E-state index contributed by atoms with van der Waals surface area (Å²) in [6.07, 6.45) is -4.73. The molecule has 3 heterocycles. The third-order valence-corrected chi connectivity index (χ3v) is 5.57. The number of alkyl halides is 3. The van der Waals surface area contributed by atoms with E-state index in [9.17, 15) is 23.1 Å². The summed E-state index contributed by atoms with van der Waals surface area (Å²) in [6.45, 7) is 7.09. The van der Waals surface area contributed by atoms with Crippen molar-refractivity contribution in [2.24, 2.45) is 0 Å². The van der Waals surface area contributed by atoms with Crippen LogP contribution < -0.4 is 5.32 Å². The zero-order valence-corrected chi connectivity index (χ0v) is 18.3. The molecule has 2 N–H and O–H groups in total. The highest BCUT2D eigenvalue weighted by atomic mass is 19.4. The van der Waals surface area contributed by atoms with E-state index < -0.39 is 24.3 Å². The molecule has 174 valence electrons. The highest BCUT2D eigenvalue weighted by Crippen LogP contribution is 2.37. The molecular formula is C22H27F3N4O3. The minimum Gasteiger partial charge on any atom is -0.506 e. The first-order valence-electron chi connectivity index (χ1n) is 10.6.